The minimum absolute atomic E-state index is 0.361. The molecule has 1 heterocycles. The largest absolute Gasteiger partial charge is 0.495 e. The van der Waals surface area contributed by atoms with Crippen molar-refractivity contribution in [3.8, 4) is 11.1 Å². The maximum atomic E-state index is 6.35. The predicted molar refractivity (Wildman–Crippen MR) is 113 cm³/mol. The average Bonchev–Trinajstić information content (AvgIpc) is 2.82. The molecule has 0 spiro atoms. The van der Waals surface area contributed by atoms with Crippen LogP contribution in [0.15, 0.2) is 65.1 Å². The first-order chi connectivity index (χ1) is 12.3. The maximum absolute atomic E-state index is 6.35. The molecule has 1 fully saturated rings. The Bertz CT molecular complexity index is 948. The minimum Gasteiger partial charge on any atom is -0.399 e. The van der Waals surface area contributed by atoms with Gasteiger partial charge in [0, 0.05) is 4.47 Å². The predicted octanol–water partition coefficient (Wildman–Crippen LogP) is 5.57. The van der Waals surface area contributed by atoms with Gasteiger partial charge in [-0.05, 0) is 73.3 Å². The summed E-state index contributed by atoms with van der Waals surface area (Å²) < 4.78 is 13.8. The lowest BCUT2D eigenvalue weighted by molar-refractivity contribution is 0.00578. The van der Waals surface area contributed by atoms with Crippen molar-refractivity contribution < 1.29 is 9.31 Å². The van der Waals surface area contributed by atoms with Crippen molar-refractivity contribution in [2.24, 2.45) is 0 Å². The van der Waals surface area contributed by atoms with Crippen LogP contribution in [0.1, 0.15) is 27.7 Å². The van der Waals surface area contributed by atoms with Crippen molar-refractivity contribution in [3.05, 3.63) is 65.1 Å². The second-order valence-corrected chi connectivity index (χ2v) is 8.80. The van der Waals surface area contributed by atoms with Crippen LogP contribution >= 0.6 is 15.9 Å². The van der Waals surface area contributed by atoms with Crippen LogP contribution in [0, 0.1) is 0 Å². The molecule has 1 aliphatic rings. The molecule has 0 radical (unpaired) electrons. The van der Waals surface area contributed by atoms with Gasteiger partial charge in [0.2, 0.25) is 0 Å². The highest BCUT2D eigenvalue weighted by Gasteiger charge is 2.52. The summed E-state index contributed by atoms with van der Waals surface area (Å²) in [6.07, 6.45) is 0. The van der Waals surface area contributed by atoms with E-state index < -0.39 is 0 Å². The fraction of sp³-hybridized carbons (Fsp3) is 0.273. The zero-order chi connectivity index (χ0) is 18.5. The lowest BCUT2D eigenvalue weighted by Gasteiger charge is -2.32. The van der Waals surface area contributed by atoms with E-state index in [1.807, 2.05) is 0 Å². The van der Waals surface area contributed by atoms with Gasteiger partial charge in [0.15, 0.2) is 0 Å². The van der Waals surface area contributed by atoms with Gasteiger partial charge in [-0.3, -0.25) is 0 Å². The second-order valence-electron chi connectivity index (χ2n) is 7.88. The molecule has 0 atom stereocenters. The van der Waals surface area contributed by atoms with E-state index in [1.165, 1.54) is 10.8 Å². The van der Waals surface area contributed by atoms with E-state index in [4.69, 9.17) is 9.31 Å². The molecular weight excluding hydrogens is 387 g/mol. The summed E-state index contributed by atoms with van der Waals surface area (Å²) >= 11 is 3.52. The van der Waals surface area contributed by atoms with Gasteiger partial charge in [-0.1, -0.05) is 58.4 Å². The Labute approximate surface area is 163 Å². The number of rotatable bonds is 2. The van der Waals surface area contributed by atoms with Crippen molar-refractivity contribution in [2.45, 2.75) is 38.9 Å². The van der Waals surface area contributed by atoms with Crippen LogP contribution in [-0.4, -0.2) is 18.3 Å². The zero-order valence-corrected chi connectivity index (χ0v) is 17.1. The van der Waals surface area contributed by atoms with Crippen LogP contribution < -0.4 is 5.46 Å². The van der Waals surface area contributed by atoms with Crippen molar-refractivity contribution in [1.82, 2.24) is 0 Å². The SMILES string of the molecule is CC1(C)OB(c2cc3ccccc3cc2-c2ccc(Br)cc2)OC1(C)C. The smallest absolute Gasteiger partial charge is 0.399 e. The number of benzene rings is 3. The van der Waals surface area contributed by atoms with Gasteiger partial charge in [0.25, 0.3) is 0 Å². The van der Waals surface area contributed by atoms with Crippen LogP contribution in [0.4, 0.5) is 0 Å². The first-order valence-corrected chi connectivity index (χ1v) is 9.70. The third-order valence-corrected chi connectivity index (χ3v) is 6.11. The minimum atomic E-state index is -0.386. The van der Waals surface area contributed by atoms with E-state index in [2.05, 4.69) is 104 Å². The van der Waals surface area contributed by atoms with E-state index in [0.29, 0.717) is 0 Å². The third-order valence-electron chi connectivity index (χ3n) is 5.58. The van der Waals surface area contributed by atoms with Crippen LogP contribution in [0.3, 0.4) is 0 Å². The van der Waals surface area contributed by atoms with E-state index >= 15 is 0 Å². The molecule has 1 aliphatic heterocycles. The fourth-order valence-electron chi connectivity index (χ4n) is 3.30. The molecule has 0 aliphatic carbocycles. The van der Waals surface area contributed by atoms with Gasteiger partial charge in [0.1, 0.15) is 0 Å². The van der Waals surface area contributed by atoms with Crippen LogP contribution in [0.2, 0.25) is 0 Å². The highest BCUT2D eigenvalue weighted by molar-refractivity contribution is 9.10. The van der Waals surface area contributed by atoms with Crippen molar-refractivity contribution in [1.29, 1.82) is 0 Å². The highest BCUT2D eigenvalue weighted by Crippen LogP contribution is 2.38. The third kappa shape index (κ3) is 3.00. The monoisotopic (exact) mass is 408 g/mol. The Balaban J connectivity index is 1.90. The average molecular weight is 409 g/mol. The van der Waals surface area contributed by atoms with Crippen LogP contribution in [0.25, 0.3) is 21.9 Å². The Kier molecular flexibility index (Phi) is 4.26. The van der Waals surface area contributed by atoms with Crippen molar-refractivity contribution >= 4 is 39.3 Å². The molecule has 1 saturated heterocycles. The van der Waals surface area contributed by atoms with Crippen LogP contribution in [-0.2, 0) is 9.31 Å². The summed E-state index contributed by atoms with van der Waals surface area (Å²) in [6, 6.07) is 21.2. The Hall–Kier alpha value is -1.62. The number of hydrogen-bond donors (Lipinski definition) is 0. The first kappa shape index (κ1) is 17.8. The Morgan fingerprint density at radius 1 is 0.769 bits per heavy atom. The van der Waals surface area contributed by atoms with Gasteiger partial charge >= 0.3 is 7.12 Å². The summed E-state index contributed by atoms with van der Waals surface area (Å²) in [5, 5.41) is 2.41. The molecular formula is C22H22BBrO2. The molecule has 132 valence electrons. The summed E-state index contributed by atoms with van der Waals surface area (Å²) in [7, 11) is -0.386. The molecule has 0 aromatic heterocycles. The molecule has 0 unspecified atom stereocenters. The lowest BCUT2D eigenvalue weighted by Crippen LogP contribution is -2.41. The quantitative estimate of drug-likeness (QED) is 0.516. The van der Waals surface area contributed by atoms with Crippen molar-refractivity contribution in [2.75, 3.05) is 0 Å². The molecule has 2 nitrogen and oxygen atoms in total. The molecule has 4 rings (SSSR count). The maximum Gasteiger partial charge on any atom is 0.495 e. The Morgan fingerprint density at radius 2 is 1.31 bits per heavy atom. The molecule has 4 heteroatoms. The molecule has 0 saturated carbocycles. The van der Waals surface area contributed by atoms with Crippen molar-refractivity contribution in [3.63, 3.8) is 0 Å². The number of halogens is 1. The Morgan fingerprint density at radius 3 is 1.88 bits per heavy atom. The molecule has 0 N–H and O–H groups in total. The van der Waals surface area contributed by atoms with E-state index in [9.17, 15) is 0 Å². The van der Waals surface area contributed by atoms with Gasteiger partial charge in [0.05, 0.1) is 11.2 Å². The van der Waals surface area contributed by atoms with Gasteiger partial charge in [-0.25, -0.2) is 0 Å². The van der Waals surface area contributed by atoms with Gasteiger partial charge in [-0.2, -0.15) is 0 Å². The van der Waals surface area contributed by atoms with Crippen LogP contribution in [0.5, 0.6) is 0 Å². The second kappa shape index (κ2) is 6.23. The number of fused-ring (bicyclic) bond motifs is 1. The summed E-state index contributed by atoms with van der Waals surface area (Å²) in [5.41, 5.74) is 2.66. The fourth-order valence-corrected chi connectivity index (χ4v) is 3.57. The standard InChI is InChI=1S/C22H22BBrO2/c1-21(2)22(3,4)26-23(25-21)20-14-17-8-6-5-7-16(17)13-19(20)15-9-11-18(24)12-10-15/h5-14H,1-4H3. The summed E-state index contributed by atoms with van der Waals surface area (Å²) in [6.45, 7) is 8.36. The molecule has 0 bridgehead atoms. The summed E-state index contributed by atoms with van der Waals surface area (Å²) in [5.74, 6) is 0. The zero-order valence-electron chi connectivity index (χ0n) is 15.5. The van der Waals surface area contributed by atoms with E-state index in [0.717, 1.165) is 21.1 Å². The van der Waals surface area contributed by atoms with E-state index in [1.54, 1.807) is 0 Å². The van der Waals surface area contributed by atoms with Gasteiger partial charge < -0.3 is 9.31 Å². The molecule has 3 aromatic carbocycles. The van der Waals surface area contributed by atoms with E-state index in [-0.39, 0.29) is 18.3 Å². The molecule has 0 amide bonds. The first-order valence-electron chi connectivity index (χ1n) is 8.91. The topological polar surface area (TPSA) is 18.5 Å². The molecule has 26 heavy (non-hydrogen) atoms. The molecule has 3 aromatic rings. The summed E-state index contributed by atoms with van der Waals surface area (Å²) in [4.78, 5) is 0. The highest BCUT2D eigenvalue weighted by atomic mass is 79.9. The number of hydrogen-bond acceptors (Lipinski definition) is 2. The lowest BCUT2D eigenvalue weighted by atomic mass is 9.73. The normalized spacial score (nSPS) is 18.4. The van der Waals surface area contributed by atoms with Gasteiger partial charge in [-0.15, -0.1) is 0 Å².